The Morgan fingerprint density at radius 3 is 2.33 bits per heavy atom. The fourth-order valence-electron chi connectivity index (χ4n) is 2.53. The minimum atomic E-state index is -3.47. The van der Waals surface area contributed by atoms with Crippen molar-refractivity contribution in [2.45, 2.75) is 49.5 Å². The van der Waals surface area contributed by atoms with E-state index in [9.17, 15) is 8.42 Å². The summed E-state index contributed by atoms with van der Waals surface area (Å²) in [5.74, 6) is 0.477. The summed E-state index contributed by atoms with van der Waals surface area (Å²) in [7, 11) is -0.444. The summed E-state index contributed by atoms with van der Waals surface area (Å²) in [6.07, 6.45) is 6.93. The van der Waals surface area contributed by atoms with E-state index in [1.54, 1.807) is 6.07 Å². The maximum atomic E-state index is 12.2. The second-order valence-electron chi connectivity index (χ2n) is 5.72. The highest BCUT2D eigenvalue weighted by molar-refractivity contribution is 7.89. The van der Waals surface area contributed by atoms with Gasteiger partial charge in [-0.3, -0.25) is 0 Å². The molecule has 1 aromatic rings. The molecule has 1 aliphatic rings. The molecular formula is C15H24N2O3S. The highest BCUT2D eigenvalue weighted by atomic mass is 32.2. The predicted octanol–water partition coefficient (Wildman–Crippen LogP) is 2.62. The molecule has 6 heteroatoms. The molecule has 0 bridgehead atoms. The third-order valence-electron chi connectivity index (χ3n) is 3.86. The van der Waals surface area contributed by atoms with Crippen LogP contribution in [-0.2, 0) is 10.0 Å². The van der Waals surface area contributed by atoms with E-state index >= 15 is 0 Å². The van der Waals surface area contributed by atoms with Crippen molar-refractivity contribution in [3.05, 3.63) is 18.2 Å². The molecule has 2 rings (SSSR count). The number of nitrogens with zero attached hydrogens (tertiary/aromatic N) is 1. The zero-order chi connectivity index (χ0) is 15.5. The molecule has 0 amide bonds. The summed E-state index contributed by atoms with van der Waals surface area (Å²) in [6.45, 7) is 0. The first-order valence-corrected chi connectivity index (χ1v) is 8.84. The number of rotatable bonds is 4. The van der Waals surface area contributed by atoms with E-state index in [0.717, 1.165) is 25.7 Å². The third-order valence-corrected chi connectivity index (χ3v) is 5.67. The van der Waals surface area contributed by atoms with Gasteiger partial charge >= 0.3 is 0 Å². The van der Waals surface area contributed by atoms with Gasteiger partial charge in [0.25, 0.3) is 0 Å². The SMILES string of the molecule is CN(C)S(=O)(=O)c1ccc(N)c(OC2CCCCCC2)c1. The molecule has 0 aliphatic heterocycles. The van der Waals surface area contributed by atoms with Crippen LogP contribution >= 0.6 is 0 Å². The van der Waals surface area contributed by atoms with Crippen LogP contribution in [-0.4, -0.2) is 32.9 Å². The topological polar surface area (TPSA) is 72.6 Å². The summed E-state index contributed by atoms with van der Waals surface area (Å²) in [4.78, 5) is 0.213. The number of nitrogens with two attached hydrogens (primary N) is 1. The summed E-state index contributed by atoms with van der Waals surface area (Å²) in [6, 6.07) is 4.66. The highest BCUT2D eigenvalue weighted by Gasteiger charge is 2.20. The molecule has 1 fully saturated rings. The standard InChI is InChI=1S/C15H24N2O3S/c1-17(2)21(18,19)13-9-10-14(16)15(11-13)20-12-7-5-3-4-6-8-12/h9-12H,3-8,16H2,1-2H3. The first kappa shape index (κ1) is 16.1. The Morgan fingerprint density at radius 1 is 1.14 bits per heavy atom. The van der Waals surface area contributed by atoms with Gasteiger partial charge in [0.2, 0.25) is 10.0 Å². The number of sulfonamides is 1. The van der Waals surface area contributed by atoms with Crippen LogP contribution in [0.3, 0.4) is 0 Å². The van der Waals surface area contributed by atoms with Crippen LogP contribution in [0.1, 0.15) is 38.5 Å². The molecule has 1 aromatic carbocycles. The van der Waals surface area contributed by atoms with Crippen molar-refractivity contribution in [2.24, 2.45) is 0 Å². The zero-order valence-electron chi connectivity index (χ0n) is 12.7. The van der Waals surface area contributed by atoms with Gasteiger partial charge in [0.1, 0.15) is 5.75 Å². The van der Waals surface area contributed by atoms with Crippen molar-refractivity contribution >= 4 is 15.7 Å². The third kappa shape index (κ3) is 3.89. The van der Waals surface area contributed by atoms with Gasteiger partial charge in [0.05, 0.1) is 16.7 Å². The second-order valence-corrected chi connectivity index (χ2v) is 7.87. The van der Waals surface area contributed by atoms with Crippen LogP contribution in [0.25, 0.3) is 0 Å². The molecule has 2 N–H and O–H groups in total. The zero-order valence-corrected chi connectivity index (χ0v) is 13.5. The predicted molar refractivity (Wildman–Crippen MR) is 83.8 cm³/mol. The van der Waals surface area contributed by atoms with E-state index in [1.165, 1.54) is 43.4 Å². The van der Waals surface area contributed by atoms with Crippen LogP contribution in [0.5, 0.6) is 5.75 Å². The highest BCUT2D eigenvalue weighted by Crippen LogP contribution is 2.30. The minimum Gasteiger partial charge on any atom is -0.488 e. The van der Waals surface area contributed by atoms with E-state index < -0.39 is 10.0 Å². The maximum absolute atomic E-state index is 12.2. The molecule has 5 nitrogen and oxygen atoms in total. The summed E-state index contributed by atoms with van der Waals surface area (Å²) < 4.78 is 31.5. The lowest BCUT2D eigenvalue weighted by Crippen LogP contribution is -2.22. The van der Waals surface area contributed by atoms with Crippen molar-refractivity contribution in [1.82, 2.24) is 4.31 Å². The van der Waals surface area contributed by atoms with Gasteiger partial charge in [-0.2, -0.15) is 0 Å². The maximum Gasteiger partial charge on any atom is 0.242 e. The fourth-order valence-corrected chi connectivity index (χ4v) is 3.44. The van der Waals surface area contributed by atoms with Gasteiger partial charge in [0, 0.05) is 20.2 Å². The van der Waals surface area contributed by atoms with Crippen molar-refractivity contribution in [3.8, 4) is 5.75 Å². The Kier molecular flexibility index (Phi) is 5.11. The average molecular weight is 312 g/mol. The van der Waals surface area contributed by atoms with Crippen LogP contribution in [0, 0.1) is 0 Å². The van der Waals surface area contributed by atoms with Gasteiger partial charge in [-0.1, -0.05) is 12.8 Å². The van der Waals surface area contributed by atoms with Gasteiger partial charge < -0.3 is 10.5 Å². The van der Waals surface area contributed by atoms with E-state index in [4.69, 9.17) is 10.5 Å². The molecular weight excluding hydrogens is 288 g/mol. The lowest BCUT2D eigenvalue weighted by Gasteiger charge is -2.19. The largest absolute Gasteiger partial charge is 0.488 e. The molecule has 0 unspecified atom stereocenters. The number of ether oxygens (including phenoxy) is 1. The fraction of sp³-hybridized carbons (Fsp3) is 0.600. The number of hydrogen-bond acceptors (Lipinski definition) is 4. The Labute approximate surface area is 127 Å². The van der Waals surface area contributed by atoms with Crippen LogP contribution in [0.2, 0.25) is 0 Å². The molecule has 118 valence electrons. The van der Waals surface area contributed by atoms with E-state index in [2.05, 4.69) is 0 Å². The Balaban J connectivity index is 2.23. The quantitative estimate of drug-likeness (QED) is 0.685. The molecule has 0 radical (unpaired) electrons. The summed E-state index contributed by atoms with van der Waals surface area (Å²) in [5, 5.41) is 0. The molecule has 0 heterocycles. The van der Waals surface area contributed by atoms with Crippen molar-refractivity contribution in [2.75, 3.05) is 19.8 Å². The molecule has 0 saturated heterocycles. The van der Waals surface area contributed by atoms with Gasteiger partial charge in [-0.25, -0.2) is 12.7 Å². The lowest BCUT2D eigenvalue weighted by molar-refractivity contribution is 0.184. The van der Waals surface area contributed by atoms with Gasteiger partial charge in [-0.05, 0) is 37.8 Å². The monoisotopic (exact) mass is 312 g/mol. The molecule has 1 saturated carbocycles. The van der Waals surface area contributed by atoms with E-state index in [1.807, 2.05) is 0 Å². The first-order chi connectivity index (χ1) is 9.91. The van der Waals surface area contributed by atoms with Crippen molar-refractivity contribution in [1.29, 1.82) is 0 Å². The Hall–Kier alpha value is -1.27. The summed E-state index contributed by atoms with van der Waals surface area (Å²) >= 11 is 0. The van der Waals surface area contributed by atoms with Crippen molar-refractivity contribution in [3.63, 3.8) is 0 Å². The van der Waals surface area contributed by atoms with Gasteiger partial charge in [-0.15, -0.1) is 0 Å². The van der Waals surface area contributed by atoms with Gasteiger partial charge in [0.15, 0.2) is 0 Å². The van der Waals surface area contributed by atoms with E-state index in [0.29, 0.717) is 11.4 Å². The number of benzene rings is 1. The molecule has 0 spiro atoms. The van der Waals surface area contributed by atoms with Crippen LogP contribution < -0.4 is 10.5 Å². The summed E-state index contributed by atoms with van der Waals surface area (Å²) in [5.41, 5.74) is 6.41. The van der Waals surface area contributed by atoms with Crippen LogP contribution in [0.15, 0.2) is 23.1 Å². The Bertz CT molecular complexity index is 577. The second kappa shape index (κ2) is 6.66. The van der Waals surface area contributed by atoms with Crippen LogP contribution in [0.4, 0.5) is 5.69 Å². The Morgan fingerprint density at radius 2 is 1.76 bits per heavy atom. The first-order valence-electron chi connectivity index (χ1n) is 7.40. The minimum absolute atomic E-state index is 0.132. The number of anilines is 1. The molecule has 0 atom stereocenters. The van der Waals surface area contributed by atoms with Crippen molar-refractivity contribution < 1.29 is 13.2 Å². The number of hydrogen-bond donors (Lipinski definition) is 1. The lowest BCUT2D eigenvalue weighted by atomic mass is 10.1. The molecule has 21 heavy (non-hydrogen) atoms. The average Bonchev–Trinajstić information content (AvgIpc) is 2.69. The normalized spacial score (nSPS) is 17.7. The molecule has 1 aliphatic carbocycles. The smallest absolute Gasteiger partial charge is 0.242 e. The molecule has 0 aromatic heterocycles. The number of nitrogen functional groups attached to an aromatic ring is 1. The van der Waals surface area contributed by atoms with E-state index in [-0.39, 0.29) is 11.0 Å².